The monoisotopic (exact) mass is 954 g/mol. The van der Waals surface area contributed by atoms with E-state index in [1.54, 1.807) is 27.5 Å². The largest absolute Gasteiger partial charge is 0.381 e. The second-order valence-electron chi connectivity index (χ2n) is 14.8. The number of hydrogen-bond acceptors (Lipinski definition) is 6. The molecule has 0 bridgehead atoms. The molecule has 0 aliphatic carbocycles. The summed E-state index contributed by atoms with van der Waals surface area (Å²) in [4.78, 5) is 9.25. The summed E-state index contributed by atoms with van der Waals surface area (Å²) in [5, 5.41) is 4.76. The SMILES string of the molecule is CCC[CH2][Sn]([CH2]CCC)([CH2]CCC)[c]1cnc(C2CCOCC2)s1.CCC[CH2][Sn]([Cl])([CH2]CCC)[CH2]CCC.c1csc(C2CCOCC2)n1. The molecule has 9 heteroatoms. The van der Waals surface area contributed by atoms with Gasteiger partial charge < -0.3 is 4.74 Å². The number of aromatic nitrogens is 2. The third kappa shape index (κ3) is 18.3. The molecule has 4 nitrogen and oxygen atoms in total. The normalized spacial score (nSPS) is 16.1. The Labute approximate surface area is 323 Å². The zero-order chi connectivity index (χ0) is 35.6. The van der Waals surface area contributed by atoms with Crippen molar-refractivity contribution in [3.8, 4) is 0 Å². The Morgan fingerprint density at radius 3 is 1.41 bits per heavy atom. The Hall–Kier alpha value is 1.07. The van der Waals surface area contributed by atoms with Crippen molar-refractivity contribution >= 4 is 70.1 Å². The number of rotatable bonds is 21. The van der Waals surface area contributed by atoms with Gasteiger partial charge in [0.1, 0.15) is 0 Å². The fraction of sp³-hybridized carbons (Fsp3) is 0.850. The van der Waals surface area contributed by atoms with Gasteiger partial charge in [-0.15, -0.1) is 11.3 Å². The third-order valence-electron chi connectivity index (χ3n) is 10.6. The number of thiazole rings is 2. The first kappa shape index (κ1) is 46.2. The number of ether oxygens (including phenoxy) is 2. The topological polar surface area (TPSA) is 44.2 Å². The molecule has 0 unspecified atom stereocenters. The van der Waals surface area contributed by atoms with Gasteiger partial charge in [0.15, 0.2) is 0 Å². The average Bonchev–Trinajstić information content (AvgIpc) is 3.88. The zero-order valence-electron chi connectivity index (χ0n) is 32.7. The van der Waals surface area contributed by atoms with E-state index < -0.39 is 35.6 Å². The molecule has 0 N–H and O–H groups in total. The fourth-order valence-electron chi connectivity index (χ4n) is 7.19. The maximum Gasteiger partial charge on any atom is 0.0957 e. The Balaban J connectivity index is 0.000000281. The van der Waals surface area contributed by atoms with Crippen LogP contribution in [0.1, 0.15) is 166 Å². The first-order chi connectivity index (χ1) is 23.9. The molecule has 0 aromatic carbocycles. The van der Waals surface area contributed by atoms with E-state index in [2.05, 4.69) is 64.1 Å². The van der Waals surface area contributed by atoms with Gasteiger partial charge in [-0.2, -0.15) is 0 Å². The molecule has 49 heavy (non-hydrogen) atoms. The second-order valence-corrected chi connectivity index (χ2v) is 47.1. The minimum absolute atomic E-state index is 0.670. The molecule has 2 aromatic heterocycles. The van der Waals surface area contributed by atoms with E-state index >= 15 is 0 Å². The number of hydrogen-bond donors (Lipinski definition) is 0. The van der Waals surface area contributed by atoms with Gasteiger partial charge in [-0.3, -0.25) is 0 Å². The van der Waals surface area contributed by atoms with Crippen molar-refractivity contribution in [2.45, 2.75) is 183 Å². The molecule has 2 saturated heterocycles. The van der Waals surface area contributed by atoms with Crippen LogP contribution in [0.2, 0.25) is 26.6 Å². The standard InChI is InChI=1S/C8H11NOS.C8H10NOS.6C4H9.ClH.2Sn/c2*1-4-10-5-2-7(1)8-9-3-6-11-8;6*1-3-4-2;;;/h3,6-7H,1-2,4-5H2;3,7H,1-2,4-5H2;6*1,3-4H2,2H3;1H;;/q;;;;;;;;;;+1/p-1. The van der Waals surface area contributed by atoms with E-state index in [0.29, 0.717) is 11.8 Å². The van der Waals surface area contributed by atoms with Crippen molar-refractivity contribution in [1.29, 1.82) is 0 Å². The number of unbranched alkanes of at least 4 members (excludes halogenated alkanes) is 6. The van der Waals surface area contributed by atoms with Crippen molar-refractivity contribution in [3.63, 3.8) is 0 Å². The Bertz CT molecular complexity index is 986. The number of nitrogens with zero attached hydrogens (tertiary/aromatic N) is 2. The summed E-state index contributed by atoms with van der Waals surface area (Å²) >= 11 is -0.450. The molecule has 0 saturated carbocycles. The van der Waals surface area contributed by atoms with Crippen LogP contribution in [0, 0.1) is 0 Å². The molecule has 2 aliphatic rings. The van der Waals surface area contributed by atoms with E-state index in [1.807, 2.05) is 11.6 Å². The smallest absolute Gasteiger partial charge is 0.0957 e. The van der Waals surface area contributed by atoms with E-state index in [9.17, 15) is 0 Å². The zero-order valence-corrected chi connectivity index (χ0v) is 40.8. The average molecular weight is 953 g/mol. The van der Waals surface area contributed by atoms with Crippen molar-refractivity contribution in [2.75, 3.05) is 26.4 Å². The number of halogens is 1. The summed E-state index contributed by atoms with van der Waals surface area (Å²) in [7, 11) is 6.89. The minimum Gasteiger partial charge on any atom is -0.381 e. The Kier molecular flexibility index (Phi) is 26.9. The molecule has 0 amide bonds. The van der Waals surface area contributed by atoms with Crippen LogP contribution in [-0.2, 0) is 9.47 Å². The molecular weight excluding hydrogens is 877 g/mol. The summed E-state index contributed by atoms with van der Waals surface area (Å²) in [6.07, 6.45) is 25.3. The van der Waals surface area contributed by atoms with E-state index in [-0.39, 0.29) is 0 Å². The van der Waals surface area contributed by atoms with Gasteiger partial charge in [0.25, 0.3) is 0 Å². The van der Waals surface area contributed by atoms with Crippen LogP contribution in [0.15, 0.2) is 17.8 Å². The Morgan fingerprint density at radius 2 is 1.02 bits per heavy atom. The maximum absolute atomic E-state index is 6.89. The van der Waals surface area contributed by atoms with Gasteiger partial charge in [-0.25, -0.2) is 4.98 Å². The van der Waals surface area contributed by atoms with Gasteiger partial charge in [-0.1, -0.05) is 0 Å². The molecule has 2 aliphatic heterocycles. The van der Waals surface area contributed by atoms with Crippen LogP contribution in [0.25, 0.3) is 0 Å². The van der Waals surface area contributed by atoms with Gasteiger partial charge in [-0.05, 0) is 12.8 Å². The summed E-state index contributed by atoms with van der Waals surface area (Å²) < 4.78 is 21.6. The van der Waals surface area contributed by atoms with Gasteiger partial charge in [0, 0.05) is 30.7 Å². The van der Waals surface area contributed by atoms with E-state index in [0.717, 1.165) is 39.3 Å². The van der Waals surface area contributed by atoms with Crippen LogP contribution in [0.3, 0.4) is 0 Å². The molecule has 2 fully saturated rings. The van der Waals surface area contributed by atoms with Gasteiger partial charge in [0.05, 0.1) is 5.01 Å². The molecule has 4 heterocycles. The Morgan fingerprint density at radius 1 is 0.612 bits per heavy atom. The predicted octanol–water partition coefficient (Wildman–Crippen LogP) is 13.7. The summed E-state index contributed by atoms with van der Waals surface area (Å²) in [5.41, 5.74) is 0. The maximum atomic E-state index is 6.89. The third-order valence-corrected chi connectivity index (χ3v) is 45.4. The summed E-state index contributed by atoms with van der Waals surface area (Å²) in [6, 6.07) is 0. The van der Waals surface area contributed by atoms with Crippen molar-refractivity contribution in [1.82, 2.24) is 9.97 Å². The molecule has 2 aromatic rings. The molecule has 4 rings (SSSR count). The van der Waals surface area contributed by atoms with E-state index in [4.69, 9.17) is 23.4 Å². The summed E-state index contributed by atoms with van der Waals surface area (Å²) in [6.45, 7) is 17.6. The van der Waals surface area contributed by atoms with Crippen LogP contribution in [0.5, 0.6) is 0 Å². The van der Waals surface area contributed by atoms with Crippen molar-refractivity contribution < 1.29 is 9.47 Å². The van der Waals surface area contributed by atoms with E-state index in [1.165, 1.54) is 113 Å². The van der Waals surface area contributed by atoms with Crippen LogP contribution < -0.4 is 2.89 Å². The minimum atomic E-state index is -2.25. The molecule has 0 spiro atoms. The van der Waals surface area contributed by atoms with Crippen molar-refractivity contribution in [3.05, 3.63) is 27.8 Å². The summed E-state index contributed by atoms with van der Waals surface area (Å²) in [5.74, 6) is 1.34. The van der Waals surface area contributed by atoms with Crippen LogP contribution >= 0.6 is 31.6 Å². The van der Waals surface area contributed by atoms with Crippen molar-refractivity contribution in [2.24, 2.45) is 0 Å². The first-order valence-electron chi connectivity index (χ1n) is 20.6. The van der Waals surface area contributed by atoms with Gasteiger partial charge >= 0.3 is 257 Å². The molecule has 0 atom stereocenters. The van der Waals surface area contributed by atoms with Gasteiger partial charge in [0.2, 0.25) is 0 Å². The van der Waals surface area contributed by atoms with Crippen LogP contribution in [0.4, 0.5) is 0 Å². The van der Waals surface area contributed by atoms with Crippen LogP contribution in [-0.4, -0.2) is 72.0 Å². The quantitative estimate of drug-likeness (QED) is 0.117. The molecular formula is C40H75ClN2O2S2Sn2. The second kappa shape index (κ2) is 28.5. The predicted molar refractivity (Wildman–Crippen MR) is 225 cm³/mol. The molecule has 0 radical (unpaired) electrons. The first-order valence-corrected chi connectivity index (χ1v) is 39.4. The fourth-order valence-corrected chi connectivity index (χ4v) is 41.2. The molecule has 284 valence electrons.